The lowest BCUT2D eigenvalue weighted by Crippen LogP contribution is -2.35. The maximum atomic E-state index is 5.89. The van der Waals surface area contributed by atoms with E-state index in [1.165, 1.54) is 0 Å². The highest BCUT2D eigenvalue weighted by Gasteiger charge is 2.08. The van der Waals surface area contributed by atoms with Gasteiger partial charge in [0.05, 0.1) is 12.6 Å². The van der Waals surface area contributed by atoms with Crippen molar-refractivity contribution >= 4 is 29.9 Å². The summed E-state index contributed by atoms with van der Waals surface area (Å²) in [6.07, 6.45) is 2.98. The summed E-state index contributed by atoms with van der Waals surface area (Å²) in [5.41, 5.74) is 1.10. The second kappa shape index (κ2) is 10.7. The van der Waals surface area contributed by atoms with Crippen LogP contribution in [0.15, 0.2) is 23.3 Å². The summed E-state index contributed by atoms with van der Waals surface area (Å²) < 4.78 is 5.89. The summed E-state index contributed by atoms with van der Waals surface area (Å²) >= 11 is 0. The lowest BCUT2D eigenvalue weighted by atomic mass is 10.1. The van der Waals surface area contributed by atoms with Crippen molar-refractivity contribution in [2.75, 3.05) is 28.2 Å². The summed E-state index contributed by atoms with van der Waals surface area (Å²) in [5, 5.41) is 0. The predicted molar refractivity (Wildman–Crippen MR) is 108 cm³/mol. The van der Waals surface area contributed by atoms with E-state index in [2.05, 4.69) is 30.7 Å². The molecule has 1 aromatic heterocycles. The second-order valence-corrected chi connectivity index (χ2v) is 6.47. The largest absolute Gasteiger partial charge is 0.475 e. The lowest BCUT2D eigenvalue weighted by Gasteiger charge is -2.22. The maximum absolute atomic E-state index is 5.89. The van der Waals surface area contributed by atoms with Crippen LogP contribution in [0.1, 0.15) is 32.8 Å². The van der Waals surface area contributed by atoms with E-state index in [-0.39, 0.29) is 30.1 Å². The van der Waals surface area contributed by atoms with Crippen LogP contribution in [0.4, 0.5) is 0 Å². The molecule has 0 bridgehead atoms. The molecule has 6 heteroatoms. The Balaban J connectivity index is 0.00000484. The molecule has 0 amide bonds. The molecule has 0 fully saturated rings. The average Bonchev–Trinajstić information content (AvgIpc) is 2.37. The number of ether oxygens (including phenoxy) is 1. The van der Waals surface area contributed by atoms with Crippen molar-refractivity contribution in [1.82, 2.24) is 14.8 Å². The highest BCUT2D eigenvalue weighted by Crippen LogP contribution is 2.15. The van der Waals surface area contributed by atoms with Gasteiger partial charge in [-0.1, -0.05) is 13.8 Å². The van der Waals surface area contributed by atoms with Crippen LogP contribution >= 0.6 is 24.0 Å². The zero-order chi connectivity index (χ0) is 16.7. The molecule has 0 saturated heterocycles. The van der Waals surface area contributed by atoms with Crippen LogP contribution < -0.4 is 4.74 Å². The third-order valence-corrected chi connectivity index (χ3v) is 3.13. The molecule has 0 N–H and O–H groups in total. The molecule has 0 radical (unpaired) electrons. The predicted octanol–water partition coefficient (Wildman–Crippen LogP) is 3.49. The number of rotatable bonds is 6. The third-order valence-electron chi connectivity index (χ3n) is 3.13. The zero-order valence-corrected chi connectivity index (χ0v) is 17.7. The minimum absolute atomic E-state index is 0. The summed E-state index contributed by atoms with van der Waals surface area (Å²) in [5.74, 6) is 2.23. The highest BCUT2D eigenvalue weighted by atomic mass is 127. The molecular weight excluding hydrogens is 403 g/mol. The van der Waals surface area contributed by atoms with Gasteiger partial charge in [-0.3, -0.25) is 0 Å². The van der Waals surface area contributed by atoms with Crippen LogP contribution in [0.25, 0.3) is 0 Å². The molecule has 132 valence electrons. The molecule has 0 saturated carbocycles. The SMILES string of the molecule is CC(C)CC(C)Oc1cc(CN=C(N(C)C)N(C)C)ccn1.I. The zero-order valence-electron chi connectivity index (χ0n) is 15.4. The number of aliphatic imine (C=N–C) groups is 1. The molecule has 1 unspecified atom stereocenters. The number of guanidine groups is 1. The van der Waals surface area contributed by atoms with Crippen molar-refractivity contribution in [2.45, 2.75) is 39.8 Å². The number of nitrogens with zero attached hydrogens (tertiary/aromatic N) is 4. The van der Waals surface area contributed by atoms with E-state index >= 15 is 0 Å². The van der Waals surface area contributed by atoms with E-state index in [9.17, 15) is 0 Å². The Morgan fingerprint density at radius 3 is 2.30 bits per heavy atom. The molecule has 1 rings (SSSR count). The van der Waals surface area contributed by atoms with Gasteiger partial charge in [-0.2, -0.15) is 0 Å². The van der Waals surface area contributed by atoms with Crippen LogP contribution in [-0.2, 0) is 6.54 Å². The first-order valence-electron chi connectivity index (χ1n) is 7.80. The third kappa shape index (κ3) is 8.39. The Morgan fingerprint density at radius 1 is 1.17 bits per heavy atom. The first-order chi connectivity index (χ1) is 10.3. The van der Waals surface area contributed by atoms with Crippen molar-refractivity contribution in [2.24, 2.45) is 10.9 Å². The molecule has 1 aromatic rings. The summed E-state index contributed by atoms with van der Waals surface area (Å²) in [6.45, 7) is 7.09. The fraction of sp³-hybridized carbons (Fsp3) is 0.647. The molecule has 1 atom stereocenters. The van der Waals surface area contributed by atoms with Gasteiger partial charge in [0.25, 0.3) is 0 Å². The Morgan fingerprint density at radius 2 is 1.78 bits per heavy atom. The molecule has 23 heavy (non-hydrogen) atoms. The van der Waals surface area contributed by atoms with Crippen molar-refractivity contribution < 1.29 is 4.74 Å². The van der Waals surface area contributed by atoms with Crippen LogP contribution in [0.5, 0.6) is 5.88 Å². The van der Waals surface area contributed by atoms with Gasteiger partial charge in [-0.05, 0) is 30.9 Å². The minimum atomic E-state index is 0. The topological polar surface area (TPSA) is 41.0 Å². The summed E-state index contributed by atoms with van der Waals surface area (Å²) in [7, 11) is 7.97. The molecule has 5 nitrogen and oxygen atoms in total. The van der Waals surface area contributed by atoms with Crippen LogP contribution in [0.3, 0.4) is 0 Å². The first kappa shape index (κ1) is 21.9. The van der Waals surface area contributed by atoms with E-state index in [1.807, 2.05) is 50.1 Å². The van der Waals surface area contributed by atoms with Gasteiger partial charge in [0.15, 0.2) is 5.96 Å². The Bertz CT molecular complexity index is 479. The van der Waals surface area contributed by atoms with Gasteiger partial charge < -0.3 is 14.5 Å². The van der Waals surface area contributed by atoms with Gasteiger partial charge in [0.2, 0.25) is 5.88 Å². The summed E-state index contributed by atoms with van der Waals surface area (Å²) in [6, 6.07) is 3.95. The van der Waals surface area contributed by atoms with E-state index < -0.39 is 0 Å². The van der Waals surface area contributed by atoms with Gasteiger partial charge in [0, 0.05) is 40.5 Å². The summed E-state index contributed by atoms with van der Waals surface area (Å²) in [4.78, 5) is 12.9. The number of halogens is 1. The fourth-order valence-corrected chi connectivity index (χ4v) is 2.38. The van der Waals surface area contributed by atoms with Crippen molar-refractivity contribution in [3.8, 4) is 5.88 Å². The quantitative estimate of drug-likeness (QED) is 0.391. The smallest absolute Gasteiger partial charge is 0.213 e. The molecule has 0 aliphatic rings. The lowest BCUT2D eigenvalue weighted by molar-refractivity contribution is 0.185. The number of pyridine rings is 1. The van der Waals surface area contributed by atoms with Gasteiger partial charge in [-0.15, -0.1) is 24.0 Å². The van der Waals surface area contributed by atoms with Gasteiger partial charge >= 0.3 is 0 Å². The Hall–Kier alpha value is -1.05. The van der Waals surface area contributed by atoms with Crippen LogP contribution in [0, 0.1) is 5.92 Å². The van der Waals surface area contributed by atoms with Crippen molar-refractivity contribution in [1.29, 1.82) is 0 Å². The standard InChI is InChI=1S/C17H30N4O.HI/c1-13(2)10-14(3)22-16-11-15(8-9-18-16)12-19-17(20(4)5)21(6)7;/h8-9,11,13-14H,10,12H2,1-7H3;1H. The number of aromatic nitrogens is 1. The highest BCUT2D eigenvalue weighted by molar-refractivity contribution is 14.0. The molecular formula is C17H31IN4O. The van der Waals surface area contributed by atoms with Crippen LogP contribution in [0.2, 0.25) is 0 Å². The monoisotopic (exact) mass is 434 g/mol. The van der Waals surface area contributed by atoms with Crippen molar-refractivity contribution in [3.05, 3.63) is 23.9 Å². The average molecular weight is 434 g/mol. The maximum Gasteiger partial charge on any atom is 0.213 e. The van der Waals surface area contributed by atoms with Gasteiger partial charge in [-0.25, -0.2) is 9.98 Å². The van der Waals surface area contributed by atoms with E-state index in [0.717, 1.165) is 17.9 Å². The number of hydrogen-bond acceptors (Lipinski definition) is 3. The molecule has 0 spiro atoms. The fourth-order valence-electron chi connectivity index (χ4n) is 2.38. The second-order valence-electron chi connectivity index (χ2n) is 6.47. The van der Waals surface area contributed by atoms with Crippen molar-refractivity contribution in [3.63, 3.8) is 0 Å². The first-order valence-corrected chi connectivity index (χ1v) is 7.80. The van der Waals surface area contributed by atoms with E-state index in [0.29, 0.717) is 18.3 Å². The number of hydrogen-bond donors (Lipinski definition) is 0. The molecule has 0 aliphatic heterocycles. The van der Waals surface area contributed by atoms with Gasteiger partial charge in [0.1, 0.15) is 0 Å². The normalized spacial score (nSPS) is 11.5. The van der Waals surface area contributed by atoms with Crippen LogP contribution in [-0.4, -0.2) is 55.0 Å². The molecule has 0 aromatic carbocycles. The molecule has 0 aliphatic carbocycles. The Labute approximate surface area is 158 Å². The minimum Gasteiger partial charge on any atom is -0.475 e. The molecule has 1 heterocycles. The van der Waals surface area contributed by atoms with E-state index in [1.54, 1.807) is 6.20 Å². The Kier molecular flexibility index (Phi) is 10.2. The van der Waals surface area contributed by atoms with E-state index in [4.69, 9.17) is 4.74 Å².